The molecule has 31 heavy (non-hydrogen) atoms. The summed E-state index contributed by atoms with van der Waals surface area (Å²) in [5, 5.41) is 7.59. The van der Waals surface area contributed by atoms with Gasteiger partial charge in [-0.3, -0.25) is 14.3 Å². The molecule has 6 aliphatic rings. The van der Waals surface area contributed by atoms with Crippen LogP contribution in [0, 0.1) is 29.1 Å². The van der Waals surface area contributed by atoms with Crippen LogP contribution in [0.4, 0.5) is 0 Å². The van der Waals surface area contributed by atoms with E-state index in [0.717, 1.165) is 68.8 Å². The molecule has 1 aromatic heterocycles. The molecular weight excluding hydrogens is 392 g/mol. The van der Waals surface area contributed by atoms with E-state index in [0.29, 0.717) is 31.5 Å². The number of carbonyl (C=O) groups is 2. The van der Waals surface area contributed by atoms with Crippen molar-refractivity contribution in [1.82, 2.24) is 20.0 Å². The lowest BCUT2D eigenvalue weighted by Crippen LogP contribution is -2.57. The van der Waals surface area contributed by atoms with Crippen LogP contribution in [0.2, 0.25) is 0 Å². The topological polar surface area (TPSA) is 76.5 Å². The zero-order valence-electron chi connectivity index (χ0n) is 18.3. The van der Waals surface area contributed by atoms with E-state index >= 15 is 0 Å². The summed E-state index contributed by atoms with van der Waals surface area (Å²) in [5.74, 6) is 2.99. The first-order valence-electron chi connectivity index (χ1n) is 12.3. The zero-order valence-corrected chi connectivity index (χ0v) is 18.3. The van der Waals surface area contributed by atoms with Crippen LogP contribution in [0.3, 0.4) is 0 Å². The minimum Gasteiger partial charge on any atom is -0.381 e. The Morgan fingerprint density at radius 1 is 1.10 bits per heavy atom. The van der Waals surface area contributed by atoms with Gasteiger partial charge in [0.1, 0.15) is 6.04 Å². The average Bonchev–Trinajstić information content (AvgIpc) is 3.25. The number of amides is 2. The molecule has 0 radical (unpaired) electrons. The van der Waals surface area contributed by atoms with Gasteiger partial charge in [0.15, 0.2) is 0 Å². The van der Waals surface area contributed by atoms with E-state index < -0.39 is 6.04 Å². The molecule has 1 atom stereocenters. The number of nitrogens with zero attached hydrogens (tertiary/aromatic N) is 3. The Hall–Kier alpha value is -1.89. The summed E-state index contributed by atoms with van der Waals surface area (Å²) in [5.41, 5.74) is 0.801. The van der Waals surface area contributed by atoms with Crippen molar-refractivity contribution in [2.75, 3.05) is 26.3 Å². The van der Waals surface area contributed by atoms with Crippen LogP contribution < -0.4 is 5.32 Å². The molecule has 1 saturated heterocycles. The van der Waals surface area contributed by atoms with E-state index in [-0.39, 0.29) is 11.3 Å². The number of carbonyl (C=O) groups excluding carboxylic acids is 2. The summed E-state index contributed by atoms with van der Waals surface area (Å²) in [7, 11) is 0. The predicted octanol–water partition coefficient (Wildman–Crippen LogP) is 2.53. The van der Waals surface area contributed by atoms with E-state index in [1.54, 1.807) is 6.20 Å². The van der Waals surface area contributed by atoms with Crippen molar-refractivity contribution in [1.29, 1.82) is 0 Å². The predicted molar refractivity (Wildman–Crippen MR) is 114 cm³/mol. The van der Waals surface area contributed by atoms with E-state index in [9.17, 15) is 9.59 Å². The highest BCUT2D eigenvalue weighted by Gasteiger charge is 2.56. The van der Waals surface area contributed by atoms with E-state index in [4.69, 9.17) is 4.74 Å². The van der Waals surface area contributed by atoms with Crippen molar-refractivity contribution in [3.8, 4) is 0 Å². The average molecular weight is 427 g/mol. The Morgan fingerprint density at radius 2 is 1.77 bits per heavy atom. The maximum absolute atomic E-state index is 13.9. The third kappa shape index (κ3) is 3.49. The van der Waals surface area contributed by atoms with Crippen molar-refractivity contribution >= 4 is 11.8 Å². The quantitative estimate of drug-likeness (QED) is 0.803. The van der Waals surface area contributed by atoms with Crippen molar-refractivity contribution in [3.63, 3.8) is 0 Å². The summed E-state index contributed by atoms with van der Waals surface area (Å²) >= 11 is 0. The summed E-state index contributed by atoms with van der Waals surface area (Å²) in [6, 6.07) is 1.52. The van der Waals surface area contributed by atoms with Gasteiger partial charge in [-0.1, -0.05) is 0 Å². The number of fused-ring (bicyclic) bond motifs is 1. The third-order valence-electron chi connectivity index (χ3n) is 8.78. The molecular formula is C24H34N4O3. The Kier molecular flexibility index (Phi) is 4.85. The van der Waals surface area contributed by atoms with Crippen molar-refractivity contribution in [2.45, 2.75) is 64.0 Å². The first-order chi connectivity index (χ1) is 15.1. The van der Waals surface area contributed by atoms with Gasteiger partial charge >= 0.3 is 0 Å². The summed E-state index contributed by atoms with van der Waals surface area (Å²) in [6.07, 6.45) is 10.9. The van der Waals surface area contributed by atoms with Crippen molar-refractivity contribution in [3.05, 3.63) is 18.0 Å². The molecule has 7 nitrogen and oxygen atoms in total. The SMILES string of the molecule is O=C(NCC1CCOCC1)[C@H]1CN(C(=O)C23CC4CC(CC(C4)C2)C3)Cc2ccnn21. The van der Waals surface area contributed by atoms with Crippen LogP contribution in [0.1, 0.15) is 63.1 Å². The Labute approximate surface area is 183 Å². The fourth-order valence-electron chi connectivity index (χ4n) is 7.66. The summed E-state index contributed by atoms with van der Waals surface area (Å²) < 4.78 is 7.26. The van der Waals surface area contributed by atoms with Gasteiger partial charge in [-0.05, 0) is 81.1 Å². The summed E-state index contributed by atoms with van der Waals surface area (Å²) in [6.45, 7) is 3.25. The Morgan fingerprint density at radius 3 is 2.45 bits per heavy atom. The van der Waals surface area contributed by atoms with Crippen molar-refractivity contribution in [2.24, 2.45) is 29.1 Å². The number of hydrogen-bond donors (Lipinski definition) is 1. The normalized spacial score (nSPS) is 37.0. The van der Waals surface area contributed by atoms with Gasteiger partial charge in [-0.2, -0.15) is 5.10 Å². The second-order valence-electron chi connectivity index (χ2n) is 11.0. The number of hydrogen-bond acceptors (Lipinski definition) is 4. The number of aromatic nitrogens is 2. The Bertz CT molecular complexity index is 823. The van der Waals surface area contributed by atoms with Gasteiger partial charge < -0.3 is 15.0 Å². The van der Waals surface area contributed by atoms with Crippen LogP contribution in [0.5, 0.6) is 0 Å². The fourth-order valence-corrected chi connectivity index (χ4v) is 7.66. The zero-order chi connectivity index (χ0) is 21.0. The van der Waals surface area contributed by atoms with E-state index in [1.807, 2.05) is 15.6 Å². The monoisotopic (exact) mass is 426 g/mol. The van der Waals surface area contributed by atoms with Gasteiger partial charge in [-0.15, -0.1) is 0 Å². The maximum atomic E-state index is 13.9. The number of ether oxygens (including phenoxy) is 1. The molecule has 4 aliphatic carbocycles. The van der Waals surface area contributed by atoms with Gasteiger partial charge in [0.25, 0.3) is 0 Å². The second kappa shape index (κ2) is 7.61. The molecule has 4 saturated carbocycles. The smallest absolute Gasteiger partial charge is 0.246 e. The highest BCUT2D eigenvalue weighted by Crippen LogP contribution is 2.60. The van der Waals surface area contributed by atoms with Crippen LogP contribution in [-0.4, -0.2) is 52.8 Å². The van der Waals surface area contributed by atoms with Gasteiger partial charge in [0.2, 0.25) is 11.8 Å². The molecule has 0 unspecified atom stereocenters. The molecule has 4 bridgehead atoms. The first kappa shape index (κ1) is 19.8. The largest absolute Gasteiger partial charge is 0.381 e. The van der Waals surface area contributed by atoms with Crippen LogP contribution in [0.25, 0.3) is 0 Å². The maximum Gasteiger partial charge on any atom is 0.246 e. The van der Waals surface area contributed by atoms with Crippen LogP contribution in [-0.2, 0) is 20.9 Å². The highest BCUT2D eigenvalue weighted by molar-refractivity contribution is 5.86. The molecule has 1 N–H and O–H groups in total. The van der Waals surface area contributed by atoms with Gasteiger partial charge in [0.05, 0.1) is 24.2 Å². The van der Waals surface area contributed by atoms with Crippen LogP contribution in [0.15, 0.2) is 12.3 Å². The lowest BCUT2D eigenvalue weighted by atomic mass is 9.49. The molecule has 0 spiro atoms. The second-order valence-corrected chi connectivity index (χ2v) is 11.0. The molecule has 2 amide bonds. The molecule has 5 fully saturated rings. The molecule has 7 rings (SSSR count). The van der Waals surface area contributed by atoms with Crippen molar-refractivity contribution < 1.29 is 14.3 Å². The van der Waals surface area contributed by atoms with Gasteiger partial charge in [0, 0.05) is 26.0 Å². The van der Waals surface area contributed by atoms with E-state index in [1.165, 1.54) is 19.3 Å². The van der Waals surface area contributed by atoms with Gasteiger partial charge in [-0.25, -0.2) is 0 Å². The number of rotatable bonds is 4. The first-order valence-corrected chi connectivity index (χ1v) is 12.3. The lowest BCUT2D eigenvalue weighted by Gasteiger charge is -2.57. The standard InChI is InChI=1S/C24H34N4O3/c29-22(25-13-16-2-5-31-6-3-16)21-15-27(14-20-1-4-26-28(20)21)23(30)24-10-17-7-18(11-24)9-19(8-17)12-24/h1,4,16-19,21H,2-3,5-15H2,(H,25,29)/t17?,18?,19?,21-,24?/m1/s1. The molecule has 0 aromatic carbocycles. The van der Waals surface area contributed by atoms with E-state index in [2.05, 4.69) is 10.4 Å². The lowest BCUT2D eigenvalue weighted by molar-refractivity contribution is -0.160. The fraction of sp³-hybridized carbons (Fsp3) is 0.792. The third-order valence-corrected chi connectivity index (χ3v) is 8.78. The molecule has 2 aliphatic heterocycles. The minimum atomic E-state index is -0.434. The Balaban J connectivity index is 1.18. The summed E-state index contributed by atoms with van der Waals surface area (Å²) in [4.78, 5) is 29.1. The molecule has 7 heteroatoms. The molecule has 3 heterocycles. The van der Waals surface area contributed by atoms with Crippen LogP contribution >= 0.6 is 0 Å². The molecule has 1 aromatic rings. The molecule has 168 valence electrons. The highest BCUT2D eigenvalue weighted by atomic mass is 16.5. The minimum absolute atomic E-state index is 0.0144. The number of nitrogens with one attached hydrogen (secondary N) is 1.